The van der Waals surface area contributed by atoms with Gasteiger partial charge in [-0.3, -0.25) is 9.58 Å². The van der Waals surface area contributed by atoms with Gasteiger partial charge in [0, 0.05) is 38.8 Å². The Bertz CT molecular complexity index is 469. The van der Waals surface area contributed by atoms with Gasteiger partial charge in [-0.05, 0) is 25.7 Å². The lowest BCUT2D eigenvalue weighted by Crippen LogP contribution is -2.55. The number of nitrogens with zero attached hydrogens (tertiary/aromatic N) is 3. The van der Waals surface area contributed by atoms with Gasteiger partial charge in [-0.2, -0.15) is 5.10 Å². The van der Waals surface area contributed by atoms with Gasteiger partial charge >= 0.3 is 0 Å². The maximum Gasteiger partial charge on any atom is 0.0863 e. The Morgan fingerprint density at radius 2 is 2.14 bits per heavy atom. The number of aromatic nitrogens is 2. The van der Waals surface area contributed by atoms with Gasteiger partial charge in [0.25, 0.3) is 0 Å². The zero-order valence-electron chi connectivity index (χ0n) is 14.0. The van der Waals surface area contributed by atoms with Gasteiger partial charge in [0.15, 0.2) is 0 Å². The fourth-order valence-electron chi connectivity index (χ4n) is 3.13. The highest BCUT2D eigenvalue weighted by Crippen LogP contribution is 2.24. The highest BCUT2D eigenvalue weighted by molar-refractivity contribution is 6.31. The first kappa shape index (κ1) is 16.8. The van der Waals surface area contributed by atoms with Crippen LogP contribution in [-0.4, -0.2) is 39.9 Å². The van der Waals surface area contributed by atoms with Crippen LogP contribution < -0.4 is 5.32 Å². The van der Waals surface area contributed by atoms with Crippen molar-refractivity contribution in [3.8, 4) is 0 Å². The molecule has 1 N–H and O–H groups in total. The average Bonchev–Trinajstić information content (AvgIpc) is 2.69. The molecule has 0 aliphatic carbocycles. The fourth-order valence-corrected chi connectivity index (χ4v) is 3.48. The van der Waals surface area contributed by atoms with Crippen LogP contribution in [0.1, 0.15) is 45.5 Å². The van der Waals surface area contributed by atoms with Crippen molar-refractivity contribution in [3.05, 3.63) is 16.4 Å². The van der Waals surface area contributed by atoms with Crippen LogP contribution in [0.4, 0.5) is 0 Å². The van der Waals surface area contributed by atoms with Gasteiger partial charge in [0.1, 0.15) is 0 Å². The number of aryl methyl sites for hydroxylation is 2. The summed E-state index contributed by atoms with van der Waals surface area (Å²) < 4.78 is 1.95. The van der Waals surface area contributed by atoms with Crippen molar-refractivity contribution >= 4 is 11.6 Å². The van der Waals surface area contributed by atoms with E-state index in [1.165, 1.54) is 6.42 Å². The molecule has 2 rings (SSSR count). The predicted octanol–water partition coefficient (Wildman–Crippen LogP) is 2.84. The molecular formula is C16H29ClN4. The van der Waals surface area contributed by atoms with Crippen LogP contribution in [0.5, 0.6) is 0 Å². The first-order chi connectivity index (χ1) is 9.92. The second-order valence-electron chi connectivity index (χ2n) is 6.70. The van der Waals surface area contributed by atoms with E-state index in [9.17, 15) is 0 Å². The minimum Gasteiger partial charge on any atom is -0.311 e. The van der Waals surface area contributed by atoms with E-state index in [1.54, 1.807) is 0 Å². The van der Waals surface area contributed by atoms with Crippen LogP contribution in [0.25, 0.3) is 0 Å². The lowest BCUT2D eigenvalue weighted by atomic mass is 10.00. The SMILES string of the molecule is CCc1nn(C)c(CN2CC(CC(C)C)NCC2C)c1Cl. The van der Waals surface area contributed by atoms with Gasteiger partial charge < -0.3 is 5.32 Å². The van der Waals surface area contributed by atoms with E-state index in [2.05, 4.69) is 43.0 Å². The Morgan fingerprint density at radius 3 is 2.71 bits per heavy atom. The molecule has 4 nitrogen and oxygen atoms in total. The Kier molecular flexibility index (Phi) is 5.69. The molecule has 0 aromatic carbocycles. The average molecular weight is 313 g/mol. The number of hydrogen-bond acceptors (Lipinski definition) is 3. The van der Waals surface area contributed by atoms with Crippen LogP contribution in [-0.2, 0) is 20.0 Å². The van der Waals surface area contributed by atoms with E-state index < -0.39 is 0 Å². The first-order valence-electron chi connectivity index (χ1n) is 8.10. The van der Waals surface area contributed by atoms with Crippen molar-refractivity contribution in [1.82, 2.24) is 20.0 Å². The molecule has 1 aromatic heterocycles. The first-order valence-corrected chi connectivity index (χ1v) is 8.47. The minimum atomic E-state index is 0.532. The summed E-state index contributed by atoms with van der Waals surface area (Å²) in [4.78, 5) is 2.53. The number of hydrogen-bond donors (Lipinski definition) is 1. The summed E-state index contributed by atoms with van der Waals surface area (Å²) in [6, 6.07) is 1.11. The van der Waals surface area contributed by atoms with Crippen molar-refractivity contribution in [1.29, 1.82) is 0 Å². The molecule has 1 aliphatic rings. The van der Waals surface area contributed by atoms with Gasteiger partial charge in [-0.15, -0.1) is 0 Å². The molecule has 2 atom stereocenters. The molecule has 2 heterocycles. The molecular weight excluding hydrogens is 284 g/mol. The molecule has 0 spiro atoms. The van der Waals surface area contributed by atoms with Crippen molar-refractivity contribution in [2.45, 2.75) is 59.2 Å². The number of nitrogens with one attached hydrogen (secondary N) is 1. The van der Waals surface area contributed by atoms with E-state index in [1.807, 2.05) is 11.7 Å². The lowest BCUT2D eigenvalue weighted by Gasteiger charge is -2.39. The van der Waals surface area contributed by atoms with Crippen LogP contribution in [0.15, 0.2) is 0 Å². The summed E-state index contributed by atoms with van der Waals surface area (Å²) in [5.41, 5.74) is 2.15. The molecule has 2 unspecified atom stereocenters. The van der Waals surface area contributed by atoms with Crippen LogP contribution in [0, 0.1) is 5.92 Å². The zero-order chi connectivity index (χ0) is 15.6. The molecule has 0 bridgehead atoms. The van der Waals surface area contributed by atoms with E-state index in [-0.39, 0.29) is 0 Å². The molecule has 0 radical (unpaired) electrons. The molecule has 0 saturated carbocycles. The third-order valence-corrected chi connectivity index (χ3v) is 4.83. The third-order valence-electron chi connectivity index (χ3n) is 4.39. The molecule has 5 heteroatoms. The van der Waals surface area contributed by atoms with Crippen molar-refractivity contribution < 1.29 is 0 Å². The maximum absolute atomic E-state index is 6.49. The van der Waals surface area contributed by atoms with E-state index in [0.717, 1.165) is 48.4 Å². The summed E-state index contributed by atoms with van der Waals surface area (Å²) in [6.45, 7) is 12.0. The van der Waals surface area contributed by atoms with E-state index in [0.29, 0.717) is 12.1 Å². The van der Waals surface area contributed by atoms with Crippen LogP contribution in [0.2, 0.25) is 5.02 Å². The summed E-state index contributed by atoms with van der Waals surface area (Å²) >= 11 is 6.49. The summed E-state index contributed by atoms with van der Waals surface area (Å²) in [5.74, 6) is 0.727. The zero-order valence-corrected chi connectivity index (χ0v) is 14.7. The van der Waals surface area contributed by atoms with Gasteiger partial charge in [0.05, 0.1) is 16.4 Å². The normalized spacial score (nSPS) is 24.0. The Morgan fingerprint density at radius 1 is 1.43 bits per heavy atom. The molecule has 1 aliphatic heterocycles. The Labute approximate surface area is 133 Å². The standard InChI is InChI=1S/C16H29ClN4/c1-6-14-16(17)15(20(5)19-14)10-21-9-13(7-11(2)3)18-8-12(21)4/h11-13,18H,6-10H2,1-5H3. The second kappa shape index (κ2) is 7.12. The van der Waals surface area contributed by atoms with Crippen LogP contribution >= 0.6 is 11.6 Å². The quantitative estimate of drug-likeness (QED) is 0.907. The summed E-state index contributed by atoms with van der Waals surface area (Å²) in [7, 11) is 2.00. The van der Waals surface area contributed by atoms with Crippen molar-refractivity contribution in [3.63, 3.8) is 0 Å². The van der Waals surface area contributed by atoms with Crippen molar-refractivity contribution in [2.24, 2.45) is 13.0 Å². The maximum atomic E-state index is 6.49. The number of piperazine rings is 1. The molecule has 1 aromatic rings. The largest absolute Gasteiger partial charge is 0.311 e. The second-order valence-corrected chi connectivity index (χ2v) is 7.08. The Hall–Kier alpha value is -0.580. The number of rotatable bonds is 5. The lowest BCUT2D eigenvalue weighted by molar-refractivity contribution is 0.122. The molecule has 21 heavy (non-hydrogen) atoms. The summed E-state index contributed by atoms with van der Waals surface area (Å²) in [5, 5.41) is 9.05. The Balaban J connectivity index is 2.08. The predicted molar refractivity (Wildman–Crippen MR) is 88.7 cm³/mol. The molecule has 120 valence electrons. The fraction of sp³-hybridized carbons (Fsp3) is 0.812. The smallest absolute Gasteiger partial charge is 0.0863 e. The van der Waals surface area contributed by atoms with E-state index >= 15 is 0 Å². The van der Waals surface area contributed by atoms with Crippen LogP contribution in [0.3, 0.4) is 0 Å². The molecule has 1 fully saturated rings. The summed E-state index contributed by atoms with van der Waals surface area (Å²) in [6.07, 6.45) is 2.11. The highest BCUT2D eigenvalue weighted by Gasteiger charge is 2.27. The third kappa shape index (κ3) is 3.99. The minimum absolute atomic E-state index is 0.532. The highest BCUT2D eigenvalue weighted by atomic mass is 35.5. The number of halogens is 1. The van der Waals surface area contributed by atoms with Crippen molar-refractivity contribution in [2.75, 3.05) is 13.1 Å². The van der Waals surface area contributed by atoms with Gasteiger partial charge in [0.2, 0.25) is 0 Å². The van der Waals surface area contributed by atoms with Gasteiger partial charge in [-0.25, -0.2) is 0 Å². The van der Waals surface area contributed by atoms with E-state index in [4.69, 9.17) is 11.6 Å². The molecule has 1 saturated heterocycles. The molecule has 0 amide bonds. The monoisotopic (exact) mass is 312 g/mol. The van der Waals surface area contributed by atoms with Gasteiger partial charge in [-0.1, -0.05) is 32.4 Å². The topological polar surface area (TPSA) is 33.1 Å².